The van der Waals surface area contributed by atoms with Crippen molar-refractivity contribution in [3.8, 4) is 0 Å². The van der Waals surface area contributed by atoms with E-state index in [1.165, 1.54) is 0 Å². The molecule has 2 heteroatoms. The van der Waals surface area contributed by atoms with Crippen molar-refractivity contribution in [1.29, 1.82) is 0 Å². The lowest BCUT2D eigenvalue weighted by atomic mass is 10.4. The largest absolute Gasteiger partial charge is 0.175 e. The monoisotopic (exact) mass is 160 g/mol. The first-order valence-electron chi connectivity index (χ1n) is 2.56. The second-order valence-electron chi connectivity index (χ2n) is 1.42. The molecule has 0 atom stereocenters. The highest BCUT2D eigenvalue weighted by molar-refractivity contribution is 7.80. The van der Waals surface area contributed by atoms with Crippen molar-refractivity contribution in [2.24, 2.45) is 0 Å². The fourth-order valence-corrected chi connectivity index (χ4v) is 0.494. The van der Waals surface area contributed by atoms with Gasteiger partial charge in [-0.25, -0.2) is 0 Å². The SMILES string of the molecule is C=C(Cl)/C=C\C=C/CS. The lowest BCUT2D eigenvalue weighted by Gasteiger charge is -1.77. The topological polar surface area (TPSA) is 0 Å². The maximum absolute atomic E-state index is 5.42. The Kier molecular flexibility index (Phi) is 5.89. The number of thiol groups is 1. The third kappa shape index (κ3) is 7.86. The Bertz CT molecular complexity index is 136. The number of rotatable bonds is 3. The van der Waals surface area contributed by atoms with Crippen LogP contribution >= 0.6 is 24.2 Å². The van der Waals surface area contributed by atoms with Crippen LogP contribution in [0.2, 0.25) is 0 Å². The fraction of sp³-hybridized carbons (Fsp3) is 0.143. The number of hydrogen-bond acceptors (Lipinski definition) is 1. The van der Waals surface area contributed by atoms with Gasteiger partial charge in [0.25, 0.3) is 0 Å². The van der Waals surface area contributed by atoms with Crippen LogP contribution in [0.15, 0.2) is 35.9 Å². The summed E-state index contributed by atoms with van der Waals surface area (Å²) in [7, 11) is 0. The molecule has 0 aromatic rings. The van der Waals surface area contributed by atoms with Gasteiger partial charge in [-0.1, -0.05) is 36.4 Å². The molecule has 0 bridgehead atoms. The van der Waals surface area contributed by atoms with E-state index in [-0.39, 0.29) is 0 Å². The lowest BCUT2D eigenvalue weighted by Crippen LogP contribution is -1.57. The molecular formula is C7H9ClS. The zero-order valence-electron chi connectivity index (χ0n) is 5.05. The second-order valence-corrected chi connectivity index (χ2v) is 2.27. The number of allylic oxidation sites excluding steroid dienone is 4. The van der Waals surface area contributed by atoms with Gasteiger partial charge in [0.15, 0.2) is 0 Å². The molecule has 0 fully saturated rings. The van der Waals surface area contributed by atoms with E-state index in [0.29, 0.717) is 5.03 Å². The van der Waals surface area contributed by atoms with E-state index in [4.69, 9.17) is 11.6 Å². The zero-order chi connectivity index (χ0) is 7.11. The molecule has 0 saturated heterocycles. The van der Waals surface area contributed by atoms with Crippen LogP contribution in [-0.2, 0) is 0 Å². The molecule has 0 aliphatic carbocycles. The predicted octanol–water partition coefficient (Wildman–Crippen LogP) is 2.78. The predicted molar refractivity (Wildman–Crippen MR) is 47.1 cm³/mol. The molecule has 0 aromatic carbocycles. The molecule has 50 valence electrons. The molecule has 0 N–H and O–H groups in total. The summed E-state index contributed by atoms with van der Waals surface area (Å²) in [6, 6.07) is 0. The highest BCUT2D eigenvalue weighted by atomic mass is 35.5. The van der Waals surface area contributed by atoms with E-state index < -0.39 is 0 Å². The van der Waals surface area contributed by atoms with Gasteiger partial charge in [0, 0.05) is 10.8 Å². The van der Waals surface area contributed by atoms with Gasteiger partial charge in [-0.2, -0.15) is 12.6 Å². The molecular weight excluding hydrogens is 152 g/mol. The molecule has 0 saturated carbocycles. The first kappa shape index (κ1) is 8.86. The van der Waals surface area contributed by atoms with E-state index in [9.17, 15) is 0 Å². The first-order valence-corrected chi connectivity index (χ1v) is 3.57. The summed E-state index contributed by atoms with van der Waals surface area (Å²) < 4.78 is 0. The third-order valence-electron chi connectivity index (χ3n) is 0.630. The van der Waals surface area contributed by atoms with E-state index in [2.05, 4.69) is 19.2 Å². The maximum Gasteiger partial charge on any atom is 0.0334 e. The summed E-state index contributed by atoms with van der Waals surface area (Å²) in [5.41, 5.74) is 0. The Labute approximate surface area is 66.3 Å². The maximum atomic E-state index is 5.42. The number of halogens is 1. The molecule has 0 rings (SSSR count). The van der Waals surface area contributed by atoms with Gasteiger partial charge in [0.2, 0.25) is 0 Å². The van der Waals surface area contributed by atoms with Gasteiger partial charge in [0.05, 0.1) is 0 Å². The smallest absolute Gasteiger partial charge is 0.0334 e. The molecule has 0 aliphatic heterocycles. The van der Waals surface area contributed by atoms with E-state index in [0.717, 1.165) is 5.75 Å². The summed E-state index contributed by atoms with van der Waals surface area (Å²) in [6.45, 7) is 3.48. The Balaban J connectivity index is 3.47. The Morgan fingerprint density at radius 3 is 2.67 bits per heavy atom. The fourth-order valence-electron chi connectivity index (χ4n) is 0.299. The average Bonchev–Trinajstić information content (AvgIpc) is 1.80. The molecule has 0 spiro atoms. The van der Waals surface area contributed by atoms with E-state index >= 15 is 0 Å². The van der Waals surface area contributed by atoms with Crippen molar-refractivity contribution >= 4 is 24.2 Å². The quantitative estimate of drug-likeness (QED) is 0.477. The molecule has 0 aromatic heterocycles. The van der Waals surface area contributed by atoms with E-state index in [1.54, 1.807) is 6.08 Å². The van der Waals surface area contributed by atoms with Gasteiger partial charge in [-0.15, -0.1) is 0 Å². The van der Waals surface area contributed by atoms with Gasteiger partial charge in [-0.3, -0.25) is 0 Å². The Morgan fingerprint density at radius 1 is 1.56 bits per heavy atom. The van der Waals surface area contributed by atoms with Crippen molar-refractivity contribution in [3.05, 3.63) is 35.9 Å². The Hall–Kier alpha value is -0.140. The van der Waals surface area contributed by atoms with Crippen molar-refractivity contribution < 1.29 is 0 Å². The van der Waals surface area contributed by atoms with Gasteiger partial charge in [-0.05, 0) is 6.08 Å². The van der Waals surface area contributed by atoms with Crippen LogP contribution in [0.5, 0.6) is 0 Å². The highest BCUT2D eigenvalue weighted by Gasteiger charge is 1.70. The minimum Gasteiger partial charge on any atom is -0.175 e. The molecule has 0 amide bonds. The molecule has 0 radical (unpaired) electrons. The van der Waals surface area contributed by atoms with Gasteiger partial charge in [0.1, 0.15) is 0 Å². The zero-order valence-corrected chi connectivity index (χ0v) is 6.70. The summed E-state index contributed by atoms with van der Waals surface area (Å²) in [6.07, 6.45) is 7.34. The molecule has 0 heterocycles. The van der Waals surface area contributed by atoms with Crippen molar-refractivity contribution in [2.75, 3.05) is 5.75 Å². The first-order chi connectivity index (χ1) is 4.27. The van der Waals surface area contributed by atoms with Gasteiger partial charge < -0.3 is 0 Å². The minimum absolute atomic E-state index is 0.541. The molecule has 0 nitrogen and oxygen atoms in total. The van der Waals surface area contributed by atoms with Crippen LogP contribution in [0.3, 0.4) is 0 Å². The van der Waals surface area contributed by atoms with Crippen LogP contribution in [-0.4, -0.2) is 5.75 Å². The van der Waals surface area contributed by atoms with Crippen LogP contribution < -0.4 is 0 Å². The van der Waals surface area contributed by atoms with Crippen molar-refractivity contribution in [3.63, 3.8) is 0 Å². The third-order valence-corrected chi connectivity index (χ3v) is 0.966. The van der Waals surface area contributed by atoms with Crippen LogP contribution in [0.25, 0.3) is 0 Å². The normalized spacial score (nSPS) is 11.3. The van der Waals surface area contributed by atoms with Crippen LogP contribution in [0.4, 0.5) is 0 Å². The van der Waals surface area contributed by atoms with Crippen LogP contribution in [0.1, 0.15) is 0 Å². The van der Waals surface area contributed by atoms with Gasteiger partial charge >= 0.3 is 0 Å². The summed E-state index contributed by atoms with van der Waals surface area (Å²) in [5, 5.41) is 0.541. The molecule has 0 aliphatic rings. The van der Waals surface area contributed by atoms with Crippen molar-refractivity contribution in [2.45, 2.75) is 0 Å². The lowest BCUT2D eigenvalue weighted by molar-refractivity contribution is 1.76. The van der Waals surface area contributed by atoms with Crippen molar-refractivity contribution in [1.82, 2.24) is 0 Å². The standard InChI is InChI=1S/C7H9ClS/c1-7(8)5-3-2-4-6-9/h2-5,9H,1,6H2/b4-2-,5-3-. The van der Waals surface area contributed by atoms with E-state index in [1.807, 2.05) is 18.2 Å². The summed E-state index contributed by atoms with van der Waals surface area (Å²) in [5.74, 6) is 0.749. The summed E-state index contributed by atoms with van der Waals surface area (Å²) in [4.78, 5) is 0. The molecule has 0 unspecified atom stereocenters. The number of hydrogen-bond donors (Lipinski definition) is 1. The van der Waals surface area contributed by atoms with Crippen LogP contribution in [0, 0.1) is 0 Å². The summed E-state index contributed by atoms with van der Waals surface area (Å²) >= 11 is 9.39. The average molecular weight is 161 g/mol. The highest BCUT2D eigenvalue weighted by Crippen LogP contribution is 1.97. The minimum atomic E-state index is 0.541. The second kappa shape index (κ2) is 5.99. The Morgan fingerprint density at radius 2 is 2.22 bits per heavy atom. The molecule has 9 heavy (non-hydrogen) atoms.